The topological polar surface area (TPSA) is 71.3 Å². The Morgan fingerprint density at radius 3 is 2.47 bits per heavy atom. The van der Waals surface area contributed by atoms with Gasteiger partial charge in [-0.1, -0.05) is 30.3 Å². The van der Waals surface area contributed by atoms with Gasteiger partial charge in [0.25, 0.3) is 5.56 Å². The molecule has 154 valence electrons. The van der Waals surface area contributed by atoms with Crippen LogP contribution in [0.5, 0.6) is 0 Å². The minimum Gasteiger partial charge on any atom is -0.339 e. The summed E-state index contributed by atoms with van der Waals surface area (Å²) >= 11 is 0. The Morgan fingerprint density at radius 1 is 0.933 bits per heavy atom. The van der Waals surface area contributed by atoms with E-state index >= 15 is 0 Å². The van der Waals surface area contributed by atoms with E-state index in [0.717, 1.165) is 31.6 Å². The number of piperazine rings is 1. The van der Waals surface area contributed by atoms with Crippen LogP contribution >= 0.6 is 0 Å². The van der Waals surface area contributed by atoms with E-state index in [1.54, 1.807) is 18.5 Å². The summed E-state index contributed by atoms with van der Waals surface area (Å²) in [6.07, 6.45) is 4.38. The van der Waals surface area contributed by atoms with Crippen molar-refractivity contribution in [3.05, 3.63) is 82.9 Å². The molecule has 0 N–H and O–H groups in total. The zero-order valence-corrected chi connectivity index (χ0v) is 16.9. The molecule has 7 heteroatoms. The van der Waals surface area contributed by atoms with Crippen molar-refractivity contribution in [2.45, 2.75) is 13.0 Å². The van der Waals surface area contributed by atoms with Crippen molar-refractivity contribution >= 4 is 5.91 Å². The van der Waals surface area contributed by atoms with Crippen molar-refractivity contribution in [2.24, 2.45) is 0 Å². The Morgan fingerprint density at radius 2 is 1.73 bits per heavy atom. The molecule has 1 saturated heterocycles. The van der Waals surface area contributed by atoms with E-state index in [4.69, 9.17) is 0 Å². The van der Waals surface area contributed by atoms with Crippen LogP contribution in [0.1, 0.15) is 5.56 Å². The number of benzene rings is 1. The zero-order valence-electron chi connectivity index (χ0n) is 16.9. The normalized spacial score (nSPS) is 14.6. The van der Waals surface area contributed by atoms with Gasteiger partial charge in [0.05, 0.1) is 5.69 Å². The van der Waals surface area contributed by atoms with E-state index < -0.39 is 0 Å². The zero-order chi connectivity index (χ0) is 20.8. The maximum atomic E-state index is 12.7. The van der Waals surface area contributed by atoms with Crippen molar-refractivity contribution < 1.29 is 4.79 Å². The third-order valence-electron chi connectivity index (χ3n) is 5.39. The number of hydrogen-bond donors (Lipinski definition) is 0. The van der Waals surface area contributed by atoms with E-state index in [2.05, 4.69) is 39.2 Å². The van der Waals surface area contributed by atoms with Crippen molar-refractivity contribution in [3.8, 4) is 11.3 Å². The van der Waals surface area contributed by atoms with Gasteiger partial charge in [0.15, 0.2) is 0 Å². The lowest BCUT2D eigenvalue weighted by Crippen LogP contribution is -2.50. The first kappa shape index (κ1) is 20.0. The number of aromatic nitrogens is 3. The minimum absolute atomic E-state index is 0.0447. The van der Waals surface area contributed by atoms with Crippen LogP contribution in [0.15, 0.2) is 71.8 Å². The van der Waals surface area contributed by atoms with Crippen molar-refractivity contribution in [1.82, 2.24) is 24.6 Å². The molecule has 3 aromatic rings. The highest BCUT2D eigenvalue weighted by Crippen LogP contribution is 2.13. The smallest absolute Gasteiger partial charge is 0.267 e. The van der Waals surface area contributed by atoms with Crippen LogP contribution < -0.4 is 5.56 Å². The fraction of sp³-hybridized carbons (Fsp3) is 0.304. The molecule has 1 aromatic carbocycles. The standard InChI is InChI=1S/C23H25N5O2/c29-22-9-8-21(20-7-4-11-24-17-20)25-28(22)18-23(30)27-15-13-26(14-16-27)12-10-19-5-2-1-3-6-19/h1-9,11,17H,10,12-16,18H2. The van der Waals surface area contributed by atoms with Gasteiger partial charge in [0, 0.05) is 56.7 Å². The van der Waals surface area contributed by atoms with Crippen LogP contribution in [-0.2, 0) is 17.8 Å². The first-order valence-electron chi connectivity index (χ1n) is 10.2. The first-order chi connectivity index (χ1) is 14.7. The molecule has 0 aliphatic carbocycles. The van der Waals surface area contributed by atoms with Crippen LogP contribution in [0.2, 0.25) is 0 Å². The predicted octanol–water partition coefficient (Wildman–Crippen LogP) is 1.69. The Bertz CT molecular complexity index is 1030. The van der Waals surface area contributed by atoms with Crippen LogP contribution in [0.25, 0.3) is 11.3 Å². The number of carbonyl (C=O) groups is 1. The molecule has 0 spiro atoms. The molecule has 1 aliphatic rings. The number of hydrogen-bond acceptors (Lipinski definition) is 5. The molecule has 7 nitrogen and oxygen atoms in total. The minimum atomic E-state index is -0.280. The average molecular weight is 403 g/mol. The van der Waals surface area contributed by atoms with Gasteiger partial charge >= 0.3 is 0 Å². The van der Waals surface area contributed by atoms with Gasteiger partial charge < -0.3 is 4.90 Å². The molecule has 0 unspecified atom stereocenters. The molecule has 0 bridgehead atoms. The number of rotatable bonds is 6. The monoisotopic (exact) mass is 403 g/mol. The van der Waals surface area contributed by atoms with Gasteiger partial charge in [-0.15, -0.1) is 0 Å². The van der Waals surface area contributed by atoms with Gasteiger partial charge in [0.2, 0.25) is 5.91 Å². The van der Waals surface area contributed by atoms with Gasteiger partial charge in [-0.05, 0) is 30.2 Å². The molecule has 3 heterocycles. The van der Waals surface area contributed by atoms with E-state index in [-0.39, 0.29) is 18.0 Å². The Kier molecular flexibility index (Phi) is 6.29. The maximum Gasteiger partial charge on any atom is 0.267 e. The van der Waals surface area contributed by atoms with Gasteiger partial charge in [-0.2, -0.15) is 5.10 Å². The third kappa shape index (κ3) is 4.99. The van der Waals surface area contributed by atoms with E-state index in [9.17, 15) is 9.59 Å². The van der Waals surface area contributed by atoms with E-state index in [1.807, 2.05) is 23.1 Å². The molecular formula is C23H25N5O2. The number of nitrogens with zero attached hydrogens (tertiary/aromatic N) is 5. The van der Waals surface area contributed by atoms with Crippen LogP contribution in [0.4, 0.5) is 0 Å². The lowest BCUT2D eigenvalue weighted by Gasteiger charge is -2.34. The van der Waals surface area contributed by atoms with Gasteiger partial charge in [-0.3, -0.25) is 19.5 Å². The fourth-order valence-electron chi connectivity index (χ4n) is 3.61. The average Bonchev–Trinajstić information content (AvgIpc) is 2.81. The van der Waals surface area contributed by atoms with E-state index in [1.165, 1.54) is 16.3 Å². The van der Waals surface area contributed by atoms with Crippen molar-refractivity contribution in [2.75, 3.05) is 32.7 Å². The Labute approximate surface area is 175 Å². The summed E-state index contributed by atoms with van der Waals surface area (Å²) in [6, 6.07) is 17.2. The molecule has 30 heavy (non-hydrogen) atoms. The fourth-order valence-corrected chi connectivity index (χ4v) is 3.61. The summed E-state index contributed by atoms with van der Waals surface area (Å²) in [6.45, 7) is 3.97. The quantitative estimate of drug-likeness (QED) is 0.626. The number of amides is 1. The molecule has 0 atom stereocenters. The molecule has 1 fully saturated rings. The second-order valence-electron chi connectivity index (χ2n) is 7.41. The Hall–Kier alpha value is -3.32. The molecule has 0 radical (unpaired) electrons. The summed E-state index contributed by atoms with van der Waals surface area (Å²) in [7, 11) is 0. The van der Waals surface area contributed by atoms with Crippen molar-refractivity contribution in [1.29, 1.82) is 0 Å². The van der Waals surface area contributed by atoms with Gasteiger partial charge in [-0.25, -0.2) is 4.68 Å². The maximum absolute atomic E-state index is 12.7. The molecule has 0 saturated carbocycles. The van der Waals surface area contributed by atoms with Crippen LogP contribution in [0.3, 0.4) is 0 Å². The summed E-state index contributed by atoms with van der Waals surface area (Å²) in [5.41, 5.74) is 2.49. The second-order valence-corrected chi connectivity index (χ2v) is 7.41. The number of pyridine rings is 1. The lowest BCUT2D eigenvalue weighted by molar-refractivity contribution is -0.133. The summed E-state index contributed by atoms with van der Waals surface area (Å²) in [5.74, 6) is -0.0735. The highest BCUT2D eigenvalue weighted by molar-refractivity contribution is 5.76. The summed E-state index contributed by atoms with van der Waals surface area (Å²) < 4.78 is 1.24. The molecule has 1 amide bonds. The van der Waals surface area contributed by atoms with Crippen LogP contribution in [0, 0.1) is 0 Å². The summed E-state index contributed by atoms with van der Waals surface area (Å²) in [5, 5.41) is 4.36. The molecule has 4 rings (SSSR count). The number of carbonyl (C=O) groups excluding carboxylic acids is 1. The SMILES string of the molecule is O=C(Cn1nc(-c2cccnc2)ccc1=O)N1CCN(CCc2ccccc2)CC1. The predicted molar refractivity (Wildman–Crippen MR) is 115 cm³/mol. The largest absolute Gasteiger partial charge is 0.339 e. The highest BCUT2D eigenvalue weighted by atomic mass is 16.2. The molecular weight excluding hydrogens is 378 g/mol. The first-order valence-corrected chi connectivity index (χ1v) is 10.2. The van der Waals surface area contributed by atoms with Crippen LogP contribution in [-0.4, -0.2) is 63.2 Å². The third-order valence-corrected chi connectivity index (χ3v) is 5.39. The second kappa shape index (κ2) is 9.45. The Balaban J connectivity index is 1.32. The molecule has 1 aliphatic heterocycles. The molecule has 2 aromatic heterocycles. The van der Waals surface area contributed by atoms with E-state index in [0.29, 0.717) is 18.8 Å². The highest BCUT2D eigenvalue weighted by Gasteiger charge is 2.21. The van der Waals surface area contributed by atoms with Gasteiger partial charge in [0.1, 0.15) is 6.54 Å². The summed E-state index contributed by atoms with van der Waals surface area (Å²) in [4.78, 5) is 33.2. The lowest BCUT2D eigenvalue weighted by atomic mass is 10.1. The van der Waals surface area contributed by atoms with Crippen molar-refractivity contribution in [3.63, 3.8) is 0 Å².